The fourth-order valence-electron chi connectivity index (χ4n) is 3.83. The molecule has 0 fully saturated rings. The lowest BCUT2D eigenvalue weighted by atomic mass is 10.1. The highest BCUT2D eigenvalue weighted by Crippen LogP contribution is 2.36. The lowest BCUT2D eigenvalue weighted by Gasteiger charge is -2.16. The summed E-state index contributed by atoms with van der Waals surface area (Å²) in [5.74, 6) is -0.965. The van der Waals surface area contributed by atoms with Gasteiger partial charge in [-0.3, -0.25) is 19.7 Å². The molecular formula is C24H23N3O4S. The highest BCUT2D eigenvalue weighted by atomic mass is 32.1. The van der Waals surface area contributed by atoms with Gasteiger partial charge >= 0.3 is 5.97 Å². The molecule has 0 aliphatic carbocycles. The van der Waals surface area contributed by atoms with E-state index in [4.69, 9.17) is 4.74 Å². The Morgan fingerprint density at radius 1 is 1.12 bits per heavy atom. The van der Waals surface area contributed by atoms with Gasteiger partial charge in [0.2, 0.25) is 12.0 Å². The Kier molecular flexibility index (Phi) is 6.05. The molecule has 0 saturated carbocycles. The van der Waals surface area contributed by atoms with Gasteiger partial charge < -0.3 is 9.64 Å². The minimum Gasteiger partial charge on any atom is -0.447 e. The van der Waals surface area contributed by atoms with Crippen LogP contribution in [0.1, 0.15) is 36.0 Å². The van der Waals surface area contributed by atoms with Crippen LogP contribution in [0.4, 0.5) is 10.8 Å². The van der Waals surface area contributed by atoms with E-state index in [-0.39, 0.29) is 5.91 Å². The van der Waals surface area contributed by atoms with E-state index in [1.807, 2.05) is 25.1 Å². The van der Waals surface area contributed by atoms with Crippen LogP contribution in [0.15, 0.2) is 48.5 Å². The van der Waals surface area contributed by atoms with Gasteiger partial charge in [0.15, 0.2) is 5.13 Å². The van der Waals surface area contributed by atoms with Crippen molar-refractivity contribution in [3.05, 3.63) is 64.5 Å². The predicted molar refractivity (Wildman–Crippen MR) is 124 cm³/mol. The Morgan fingerprint density at radius 2 is 1.88 bits per heavy atom. The quantitative estimate of drug-likeness (QED) is 0.588. The summed E-state index contributed by atoms with van der Waals surface area (Å²) in [4.78, 5) is 43.6. The predicted octanol–water partition coefficient (Wildman–Crippen LogP) is 4.27. The first-order valence-electron chi connectivity index (χ1n) is 10.3. The van der Waals surface area contributed by atoms with Gasteiger partial charge in [-0.05, 0) is 31.0 Å². The molecule has 0 spiro atoms. The number of esters is 1. The zero-order valence-corrected chi connectivity index (χ0v) is 18.9. The van der Waals surface area contributed by atoms with Crippen molar-refractivity contribution in [2.24, 2.45) is 0 Å². The third-order valence-electron chi connectivity index (χ3n) is 5.28. The number of carbonyl (C=O) groups excluding carboxylic acids is 3. The molecule has 164 valence electrons. The van der Waals surface area contributed by atoms with Crippen LogP contribution in [0.3, 0.4) is 0 Å². The van der Waals surface area contributed by atoms with E-state index in [1.165, 1.54) is 18.3 Å². The van der Waals surface area contributed by atoms with Crippen LogP contribution >= 0.6 is 11.3 Å². The van der Waals surface area contributed by atoms with E-state index in [0.29, 0.717) is 17.2 Å². The molecule has 1 atom stereocenters. The van der Waals surface area contributed by atoms with Gasteiger partial charge in [0.25, 0.3) is 5.91 Å². The molecule has 0 bridgehead atoms. The molecule has 0 saturated heterocycles. The zero-order valence-electron chi connectivity index (χ0n) is 18.0. The number of amides is 2. The number of aromatic nitrogens is 1. The van der Waals surface area contributed by atoms with Crippen LogP contribution in [0.5, 0.6) is 0 Å². The first-order chi connectivity index (χ1) is 15.3. The number of hydrogen-bond acceptors (Lipinski definition) is 6. The molecule has 1 aromatic heterocycles. The topological polar surface area (TPSA) is 88.6 Å². The Labute approximate surface area is 190 Å². The van der Waals surface area contributed by atoms with Gasteiger partial charge in [-0.15, -0.1) is 11.3 Å². The van der Waals surface area contributed by atoms with Gasteiger partial charge in [0.1, 0.15) is 0 Å². The maximum atomic E-state index is 12.9. The third kappa shape index (κ3) is 4.40. The largest absolute Gasteiger partial charge is 0.447 e. The Bertz CT molecular complexity index is 1190. The van der Waals surface area contributed by atoms with Crippen LogP contribution < -0.4 is 10.2 Å². The average Bonchev–Trinajstić information content (AvgIpc) is 3.35. The third-order valence-corrected chi connectivity index (χ3v) is 6.17. The van der Waals surface area contributed by atoms with Crippen molar-refractivity contribution >= 4 is 39.9 Å². The summed E-state index contributed by atoms with van der Waals surface area (Å²) < 4.78 is 5.27. The number of fused-ring (bicyclic) bond motifs is 1. The average molecular weight is 450 g/mol. The molecule has 7 nitrogen and oxygen atoms in total. The summed E-state index contributed by atoms with van der Waals surface area (Å²) in [6.45, 7) is 5.47. The Hall–Kier alpha value is -3.52. The van der Waals surface area contributed by atoms with E-state index in [9.17, 15) is 14.4 Å². The molecule has 1 aliphatic rings. The van der Waals surface area contributed by atoms with Crippen molar-refractivity contribution in [3.63, 3.8) is 0 Å². The smallest absolute Gasteiger partial charge is 0.303 e. The number of nitrogens with zero attached hydrogens (tertiary/aromatic N) is 2. The summed E-state index contributed by atoms with van der Waals surface area (Å²) in [7, 11) is 0. The minimum atomic E-state index is -1.06. The number of carbonyl (C=O) groups is 3. The second-order valence-corrected chi connectivity index (χ2v) is 8.78. The summed E-state index contributed by atoms with van der Waals surface area (Å²) in [5.41, 5.74) is 4.34. The number of benzene rings is 2. The Morgan fingerprint density at radius 3 is 2.56 bits per heavy atom. The van der Waals surface area contributed by atoms with Crippen molar-refractivity contribution in [1.82, 2.24) is 4.98 Å². The number of nitrogens with one attached hydrogen (secondary N) is 1. The summed E-state index contributed by atoms with van der Waals surface area (Å²) in [6, 6.07) is 14.8. The molecular weight excluding hydrogens is 426 g/mol. The summed E-state index contributed by atoms with van der Waals surface area (Å²) in [5, 5.41) is 3.22. The number of anilines is 2. The second-order valence-electron chi connectivity index (χ2n) is 7.58. The van der Waals surface area contributed by atoms with Crippen LogP contribution in [0.2, 0.25) is 0 Å². The molecule has 2 aromatic carbocycles. The standard InChI is InChI=1S/C24H23N3O4S/c1-14-21(19-9-10-20-18(13-19)11-12-27(20)15(2)28)25-24(32-14)26-23(30)22(31-16(3)29)17-7-5-4-6-8-17/h4-10,13,22H,11-12H2,1-3H3,(H,25,26,30). The van der Waals surface area contributed by atoms with Crippen LogP contribution in [0, 0.1) is 6.92 Å². The lowest BCUT2D eigenvalue weighted by molar-refractivity contribution is -0.152. The molecule has 2 amide bonds. The molecule has 8 heteroatoms. The maximum Gasteiger partial charge on any atom is 0.303 e. The molecule has 4 rings (SSSR count). The van der Waals surface area contributed by atoms with Gasteiger partial charge in [-0.25, -0.2) is 4.98 Å². The van der Waals surface area contributed by atoms with Gasteiger partial charge in [-0.2, -0.15) is 0 Å². The van der Waals surface area contributed by atoms with Crippen molar-refractivity contribution in [3.8, 4) is 11.3 Å². The fraction of sp³-hybridized carbons (Fsp3) is 0.250. The Balaban J connectivity index is 1.57. The molecule has 1 N–H and O–H groups in total. The normalized spacial score (nSPS) is 13.4. The highest BCUT2D eigenvalue weighted by molar-refractivity contribution is 7.16. The van der Waals surface area contributed by atoms with Gasteiger partial charge in [0, 0.05) is 42.1 Å². The summed E-state index contributed by atoms with van der Waals surface area (Å²) in [6.07, 6.45) is -0.254. The second kappa shape index (κ2) is 8.92. The number of hydrogen-bond donors (Lipinski definition) is 1. The van der Waals surface area contributed by atoms with E-state index < -0.39 is 18.0 Å². The van der Waals surface area contributed by atoms with Crippen LogP contribution in [-0.4, -0.2) is 29.3 Å². The van der Waals surface area contributed by atoms with E-state index in [0.717, 1.165) is 33.8 Å². The van der Waals surface area contributed by atoms with Gasteiger partial charge in [0.05, 0.1) is 5.69 Å². The number of thiazole rings is 1. The molecule has 32 heavy (non-hydrogen) atoms. The van der Waals surface area contributed by atoms with Crippen molar-refractivity contribution < 1.29 is 19.1 Å². The first kappa shape index (κ1) is 21.7. The molecule has 1 aliphatic heterocycles. The maximum absolute atomic E-state index is 12.9. The number of aryl methyl sites for hydroxylation is 1. The van der Waals surface area contributed by atoms with Crippen molar-refractivity contribution in [2.75, 3.05) is 16.8 Å². The van der Waals surface area contributed by atoms with Crippen LogP contribution in [0.25, 0.3) is 11.3 Å². The van der Waals surface area contributed by atoms with Crippen molar-refractivity contribution in [2.45, 2.75) is 33.3 Å². The summed E-state index contributed by atoms with van der Waals surface area (Å²) >= 11 is 1.36. The van der Waals surface area contributed by atoms with E-state index >= 15 is 0 Å². The van der Waals surface area contributed by atoms with E-state index in [1.54, 1.807) is 36.1 Å². The number of rotatable bonds is 5. The monoisotopic (exact) mass is 449 g/mol. The molecule has 2 heterocycles. The minimum absolute atomic E-state index is 0.0343. The van der Waals surface area contributed by atoms with Crippen LogP contribution in [-0.2, 0) is 25.5 Å². The molecule has 3 aromatic rings. The first-order valence-corrected chi connectivity index (χ1v) is 11.1. The van der Waals surface area contributed by atoms with Gasteiger partial charge in [-0.1, -0.05) is 36.4 Å². The van der Waals surface area contributed by atoms with Crippen molar-refractivity contribution in [1.29, 1.82) is 0 Å². The zero-order chi connectivity index (χ0) is 22.8. The molecule has 0 radical (unpaired) electrons. The molecule has 1 unspecified atom stereocenters. The fourth-order valence-corrected chi connectivity index (χ4v) is 4.67. The number of ether oxygens (including phenoxy) is 1. The lowest BCUT2D eigenvalue weighted by Crippen LogP contribution is -2.25. The van der Waals surface area contributed by atoms with E-state index in [2.05, 4.69) is 16.4 Å². The SMILES string of the molecule is CC(=O)OC(C(=O)Nc1nc(-c2ccc3c(c2)CCN3C(C)=O)c(C)s1)c1ccccc1. The highest BCUT2D eigenvalue weighted by Gasteiger charge is 2.26.